The van der Waals surface area contributed by atoms with E-state index in [1.165, 1.54) is 16.7 Å². The van der Waals surface area contributed by atoms with Crippen LogP contribution >= 0.6 is 0 Å². The first-order chi connectivity index (χ1) is 24.7. The van der Waals surface area contributed by atoms with E-state index in [9.17, 15) is 0 Å². The molecule has 50 heavy (non-hydrogen) atoms. The quantitative estimate of drug-likeness (QED) is 0.105. The highest BCUT2D eigenvalue weighted by Gasteiger charge is 2.15. The van der Waals surface area contributed by atoms with Crippen LogP contribution in [0, 0.1) is 0 Å². The fourth-order valence-corrected chi connectivity index (χ4v) is 6.09. The lowest BCUT2D eigenvalue weighted by atomic mass is 10.1. The number of pyridine rings is 3. The summed E-state index contributed by atoms with van der Waals surface area (Å²) in [5, 5.41) is 0. The molecule has 0 bridgehead atoms. The van der Waals surface area contributed by atoms with Gasteiger partial charge in [0.25, 0.3) is 0 Å². The third-order valence-corrected chi connectivity index (χ3v) is 8.50. The highest BCUT2D eigenvalue weighted by Crippen LogP contribution is 2.24. The number of hydrogen-bond donors (Lipinski definition) is 0. The number of ether oxygens (including phenoxy) is 1. The van der Waals surface area contributed by atoms with E-state index in [0.717, 1.165) is 66.4 Å². The summed E-state index contributed by atoms with van der Waals surface area (Å²) in [6.07, 6.45) is 20.7. The van der Waals surface area contributed by atoms with Crippen molar-refractivity contribution in [3.63, 3.8) is 0 Å². The van der Waals surface area contributed by atoms with Gasteiger partial charge in [0.2, 0.25) is 0 Å². The molecule has 6 nitrogen and oxygen atoms in total. The number of allylic oxidation sites excluding steroid dienone is 4. The number of hydrogen-bond acceptors (Lipinski definition) is 6. The topological polar surface area (TPSA) is 54.4 Å². The van der Waals surface area contributed by atoms with Gasteiger partial charge < -0.3 is 4.74 Å². The molecule has 0 saturated heterocycles. The minimum atomic E-state index is 0.481. The van der Waals surface area contributed by atoms with E-state index in [2.05, 4.69) is 128 Å². The molecule has 2 aromatic carbocycles. The molecule has 1 aliphatic carbocycles. The SMILES string of the molecule is C=Cc1ccc(COc2cc(CN(CC3=C/CC/C=C/C=C\3)Cc3ccccn3)cc(CN(Cc3ccccn3)Cc3ccccn3)c2)cc1. The molecule has 0 fully saturated rings. The van der Waals surface area contributed by atoms with Crippen molar-refractivity contribution in [1.29, 1.82) is 0 Å². The van der Waals surface area contributed by atoms with Crippen molar-refractivity contribution in [3.05, 3.63) is 198 Å². The average Bonchev–Trinajstić information content (AvgIpc) is 3.13. The number of aromatic nitrogens is 3. The van der Waals surface area contributed by atoms with Crippen molar-refractivity contribution in [3.8, 4) is 5.75 Å². The molecule has 5 aromatic rings. The molecular formula is C44H45N5O. The van der Waals surface area contributed by atoms with E-state index in [4.69, 9.17) is 4.74 Å². The second-order valence-corrected chi connectivity index (χ2v) is 12.6. The Morgan fingerprint density at radius 1 is 0.600 bits per heavy atom. The van der Waals surface area contributed by atoms with Crippen LogP contribution in [0.1, 0.15) is 52.2 Å². The standard InChI is InChI=1S/C44H45N5O/c1-2-36-19-21-38(22-20-36)35-50-44-27-39(30-48(32-41-16-8-11-23-45-41)29-37-14-6-4-3-5-7-15-37)26-40(28-44)31-49(33-42-17-9-12-24-46-42)34-43-18-10-13-25-47-43/h2-4,6,8-28H,1,5,7,29-35H2/b4-3+,14-6-,37-15+. The van der Waals surface area contributed by atoms with Gasteiger partial charge in [-0.05, 0) is 89.2 Å². The molecular weight excluding hydrogens is 615 g/mol. The molecule has 0 spiro atoms. The second kappa shape index (κ2) is 18.4. The molecule has 0 saturated carbocycles. The summed E-state index contributed by atoms with van der Waals surface area (Å²) in [7, 11) is 0. The van der Waals surface area contributed by atoms with Crippen LogP contribution in [0.5, 0.6) is 5.75 Å². The summed E-state index contributed by atoms with van der Waals surface area (Å²) in [6, 6.07) is 33.4. The van der Waals surface area contributed by atoms with E-state index in [0.29, 0.717) is 26.2 Å². The van der Waals surface area contributed by atoms with Gasteiger partial charge >= 0.3 is 0 Å². The summed E-state index contributed by atoms with van der Waals surface area (Å²) in [5.74, 6) is 0.855. The first-order valence-corrected chi connectivity index (χ1v) is 17.3. The first kappa shape index (κ1) is 34.4. The largest absolute Gasteiger partial charge is 0.489 e. The lowest BCUT2D eigenvalue weighted by molar-refractivity contribution is 0.240. The summed E-state index contributed by atoms with van der Waals surface area (Å²) < 4.78 is 6.52. The Hall–Kier alpha value is -5.43. The zero-order chi connectivity index (χ0) is 34.2. The van der Waals surface area contributed by atoms with Crippen molar-refractivity contribution in [1.82, 2.24) is 24.8 Å². The molecule has 0 atom stereocenters. The molecule has 6 rings (SSSR count). The van der Waals surface area contributed by atoms with Gasteiger partial charge in [-0.25, -0.2) is 0 Å². The highest BCUT2D eigenvalue weighted by molar-refractivity contribution is 5.47. The molecule has 252 valence electrons. The fraction of sp³-hybridized carbons (Fsp3) is 0.205. The fourth-order valence-electron chi connectivity index (χ4n) is 6.09. The lowest BCUT2D eigenvalue weighted by Crippen LogP contribution is -2.26. The zero-order valence-electron chi connectivity index (χ0n) is 28.6. The maximum absolute atomic E-state index is 6.52. The molecule has 0 radical (unpaired) electrons. The van der Waals surface area contributed by atoms with E-state index in [-0.39, 0.29) is 0 Å². The number of rotatable bonds is 16. The number of benzene rings is 2. The van der Waals surface area contributed by atoms with E-state index < -0.39 is 0 Å². The summed E-state index contributed by atoms with van der Waals surface area (Å²) in [5.41, 5.74) is 9.00. The van der Waals surface area contributed by atoms with Crippen LogP contribution in [0.3, 0.4) is 0 Å². The Morgan fingerprint density at radius 2 is 1.18 bits per heavy atom. The second-order valence-electron chi connectivity index (χ2n) is 12.6. The molecule has 0 aliphatic heterocycles. The molecule has 0 unspecified atom stereocenters. The minimum absolute atomic E-state index is 0.481. The Bertz CT molecular complexity index is 1830. The van der Waals surface area contributed by atoms with Crippen LogP contribution in [-0.4, -0.2) is 31.3 Å². The van der Waals surface area contributed by atoms with Crippen molar-refractivity contribution < 1.29 is 4.74 Å². The third kappa shape index (κ3) is 11.1. The van der Waals surface area contributed by atoms with Gasteiger partial charge in [0.1, 0.15) is 12.4 Å². The molecule has 1 aliphatic rings. The van der Waals surface area contributed by atoms with Gasteiger partial charge in [0.15, 0.2) is 0 Å². The maximum Gasteiger partial charge on any atom is 0.120 e. The van der Waals surface area contributed by atoms with Gasteiger partial charge in [-0.2, -0.15) is 0 Å². The molecule has 3 heterocycles. The highest BCUT2D eigenvalue weighted by atomic mass is 16.5. The first-order valence-electron chi connectivity index (χ1n) is 17.3. The van der Waals surface area contributed by atoms with Crippen molar-refractivity contribution in [2.45, 2.75) is 52.2 Å². The van der Waals surface area contributed by atoms with Crippen LogP contribution in [0.4, 0.5) is 0 Å². The summed E-state index contributed by atoms with van der Waals surface area (Å²) >= 11 is 0. The Labute approximate surface area is 296 Å². The number of nitrogens with zero attached hydrogens (tertiary/aromatic N) is 5. The predicted octanol–water partition coefficient (Wildman–Crippen LogP) is 9.13. The van der Waals surface area contributed by atoms with Crippen molar-refractivity contribution in [2.75, 3.05) is 6.54 Å². The summed E-state index contributed by atoms with van der Waals surface area (Å²) in [4.78, 5) is 18.8. The van der Waals surface area contributed by atoms with Crippen LogP contribution in [0.25, 0.3) is 6.08 Å². The van der Waals surface area contributed by atoms with Crippen molar-refractivity contribution >= 4 is 6.08 Å². The zero-order valence-corrected chi connectivity index (χ0v) is 28.6. The Balaban J connectivity index is 1.30. The molecule has 0 N–H and O–H groups in total. The average molecular weight is 660 g/mol. The van der Waals surface area contributed by atoms with Crippen LogP contribution < -0.4 is 4.74 Å². The van der Waals surface area contributed by atoms with Crippen LogP contribution in [-0.2, 0) is 39.3 Å². The van der Waals surface area contributed by atoms with Crippen LogP contribution in [0.2, 0.25) is 0 Å². The molecule has 3 aromatic heterocycles. The van der Waals surface area contributed by atoms with Gasteiger partial charge in [-0.15, -0.1) is 0 Å². The Morgan fingerprint density at radius 3 is 1.72 bits per heavy atom. The summed E-state index contributed by atoms with van der Waals surface area (Å²) in [6.45, 7) is 8.79. The molecule has 0 amide bonds. The lowest BCUT2D eigenvalue weighted by Gasteiger charge is -2.25. The van der Waals surface area contributed by atoms with Gasteiger partial charge in [-0.3, -0.25) is 24.8 Å². The monoisotopic (exact) mass is 659 g/mol. The maximum atomic E-state index is 6.52. The van der Waals surface area contributed by atoms with Gasteiger partial charge in [-0.1, -0.05) is 91.6 Å². The van der Waals surface area contributed by atoms with Crippen LogP contribution in [0.15, 0.2) is 158 Å². The van der Waals surface area contributed by atoms with E-state index in [1.807, 2.05) is 55.0 Å². The molecule has 6 heteroatoms. The minimum Gasteiger partial charge on any atom is -0.489 e. The Kier molecular flexibility index (Phi) is 12.6. The van der Waals surface area contributed by atoms with Crippen molar-refractivity contribution in [2.24, 2.45) is 0 Å². The third-order valence-electron chi connectivity index (χ3n) is 8.50. The van der Waals surface area contributed by atoms with Gasteiger partial charge in [0, 0.05) is 57.9 Å². The predicted molar refractivity (Wildman–Crippen MR) is 203 cm³/mol. The van der Waals surface area contributed by atoms with E-state index >= 15 is 0 Å². The van der Waals surface area contributed by atoms with E-state index in [1.54, 1.807) is 0 Å². The smallest absolute Gasteiger partial charge is 0.120 e. The normalized spacial score (nSPS) is 15.1. The van der Waals surface area contributed by atoms with Gasteiger partial charge in [0.05, 0.1) is 17.1 Å².